The van der Waals surface area contributed by atoms with E-state index < -0.39 is 17.3 Å². The van der Waals surface area contributed by atoms with Gasteiger partial charge in [-0.05, 0) is 30.7 Å². The van der Waals surface area contributed by atoms with E-state index in [1.54, 1.807) is 6.92 Å². The average Bonchev–Trinajstić information content (AvgIpc) is 2.22. The summed E-state index contributed by atoms with van der Waals surface area (Å²) in [6.45, 7) is 1.64. The zero-order chi connectivity index (χ0) is 11.7. The number of rotatable bonds is 1. The Hall–Kier alpha value is -2.04. The minimum absolute atomic E-state index is 0.0255. The maximum Gasteiger partial charge on any atom is 0.345 e. The molecule has 1 heterocycles. The van der Waals surface area contributed by atoms with Crippen LogP contribution in [-0.4, -0.2) is 9.97 Å². The number of aromatic nitrogens is 2. The lowest BCUT2D eigenvalue weighted by Gasteiger charge is -2.06. The second kappa shape index (κ2) is 3.84. The van der Waals surface area contributed by atoms with Crippen molar-refractivity contribution in [3.05, 3.63) is 52.1 Å². The Balaban J connectivity index is 2.67. The Kier molecular flexibility index (Phi) is 2.52. The van der Waals surface area contributed by atoms with Crippen LogP contribution in [0.2, 0.25) is 0 Å². The molecule has 3 nitrogen and oxygen atoms in total. The first kappa shape index (κ1) is 10.5. The molecule has 0 amide bonds. The number of nitrogens with one attached hydrogen (secondary N) is 1. The van der Waals surface area contributed by atoms with Crippen molar-refractivity contribution in [2.75, 3.05) is 0 Å². The standard InChI is InChI=1S/C11H8F2N2O/c1-6-4-7(12)2-3-8(6)10-9(13)5-14-11(16)15-10/h2-5H,1H3,(H,14,15,16). The zero-order valence-electron chi connectivity index (χ0n) is 8.42. The summed E-state index contributed by atoms with van der Waals surface area (Å²) in [6, 6.07) is 3.90. The van der Waals surface area contributed by atoms with Crippen molar-refractivity contribution in [2.45, 2.75) is 6.92 Å². The molecule has 0 unspecified atom stereocenters. The van der Waals surface area contributed by atoms with E-state index in [0.29, 0.717) is 11.1 Å². The van der Waals surface area contributed by atoms with Gasteiger partial charge in [-0.2, -0.15) is 4.98 Å². The summed E-state index contributed by atoms with van der Waals surface area (Å²) in [5.74, 6) is -1.05. The third-order valence-corrected chi connectivity index (χ3v) is 2.22. The van der Waals surface area contributed by atoms with Crippen LogP contribution >= 0.6 is 0 Å². The molecule has 0 spiro atoms. The van der Waals surface area contributed by atoms with Gasteiger partial charge in [0.15, 0.2) is 5.82 Å². The fourth-order valence-corrected chi connectivity index (χ4v) is 1.48. The lowest BCUT2D eigenvalue weighted by atomic mass is 10.1. The van der Waals surface area contributed by atoms with Gasteiger partial charge in [0.05, 0.1) is 11.9 Å². The van der Waals surface area contributed by atoms with E-state index in [4.69, 9.17) is 0 Å². The van der Waals surface area contributed by atoms with Crippen LogP contribution < -0.4 is 5.69 Å². The van der Waals surface area contributed by atoms with Gasteiger partial charge in [0.25, 0.3) is 0 Å². The molecule has 1 aromatic carbocycles. The summed E-state index contributed by atoms with van der Waals surface area (Å²) in [7, 11) is 0. The average molecular weight is 222 g/mol. The molecule has 0 aliphatic heterocycles. The number of hydrogen-bond donors (Lipinski definition) is 1. The number of hydrogen-bond acceptors (Lipinski definition) is 2. The minimum atomic E-state index is -0.644. The van der Waals surface area contributed by atoms with Gasteiger partial charge in [0.2, 0.25) is 0 Å². The van der Waals surface area contributed by atoms with Crippen LogP contribution in [0.15, 0.2) is 29.2 Å². The normalized spacial score (nSPS) is 10.4. The van der Waals surface area contributed by atoms with Gasteiger partial charge in [0, 0.05) is 5.56 Å². The highest BCUT2D eigenvalue weighted by Crippen LogP contribution is 2.23. The van der Waals surface area contributed by atoms with E-state index in [2.05, 4.69) is 9.97 Å². The van der Waals surface area contributed by atoms with E-state index in [1.165, 1.54) is 18.2 Å². The molecule has 0 atom stereocenters. The summed E-state index contributed by atoms with van der Waals surface area (Å²) in [6.07, 6.45) is 0.844. The molecule has 0 aliphatic carbocycles. The minimum Gasteiger partial charge on any atom is -0.303 e. The predicted octanol–water partition coefficient (Wildman–Crippen LogP) is 2.02. The van der Waals surface area contributed by atoms with Crippen molar-refractivity contribution in [1.29, 1.82) is 0 Å². The summed E-state index contributed by atoms with van der Waals surface area (Å²) in [5.41, 5.74) is 0.372. The molecule has 82 valence electrons. The Labute approximate surface area is 89.8 Å². The van der Waals surface area contributed by atoms with Crippen LogP contribution in [0.1, 0.15) is 5.56 Å². The van der Waals surface area contributed by atoms with Crippen LogP contribution in [0, 0.1) is 18.6 Å². The fraction of sp³-hybridized carbons (Fsp3) is 0.0909. The van der Waals surface area contributed by atoms with Gasteiger partial charge >= 0.3 is 5.69 Å². The van der Waals surface area contributed by atoms with E-state index in [0.717, 1.165) is 6.20 Å². The molecule has 16 heavy (non-hydrogen) atoms. The van der Waals surface area contributed by atoms with Crippen molar-refractivity contribution in [3.63, 3.8) is 0 Å². The topological polar surface area (TPSA) is 45.8 Å². The Morgan fingerprint density at radius 2 is 2.06 bits per heavy atom. The third kappa shape index (κ3) is 1.84. The van der Waals surface area contributed by atoms with Crippen LogP contribution in [0.25, 0.3) is 11.3 Å². The summed E-state index contributed by atoms with van der Waals surface area (Å²) >= 11 is 0. The van der Waals surface area contributed by atoms with E-state index in [9.17, 15) is 13.6 Å². The number of aromatic amines is 1. The smallest absolute Gasteiger partial charge is 0.303 e. The molecule has 1 aromatic heterocycles. The van der Waals surface area contributed by atoms with E-state index in [-0.39, 0.29) is 5.69 Å². The molecule has 0 radical (unpaired) electrons. The van der Waals surface area contributed by atoms with Crippen LogP contribution in [-0.2, 0) is 0 Å². The highest BCUT2D eigenvalue weighted by Gasteiger charge is 2.09. The highest BCUT2D eigenvalue weighted by atomic mass is 19.1. The largest absolute Gasteiger partial charge is 0.345 e. The number of H-pyrrole nitrogens is 1. The van der Waals surface area contributed by atoms with Crippen molar-refractivity contribution < 1.29 is 8.78 Å². The Morgan fingerprint density at radius 1 is 1.31 bits per heavy atom. The lowest BCUT2D eigenvalue weighted by molar-refractivity contribution is 0.613. The second-order valence-electron chi connectivity index (χ2n) is 3.37. The molecule has 2 aromatic rings. The molecule has 0 saturated carbocycles. The van der Waals surface area contributed by atoms with Gasteiger partial charge in [-0.1, -0.05) is 0 Å². The van der Waals surface area contributed by atoms with Crippen LogP contribution in [0.5, 0.6) is 0 Å². The number of nitrogens with zero attached hydrogens (tertiary/aromatic N) is 1. The molecule has 1 N–H and O–H groups in total. The van der Waals surface area contributed by atoms with Gasteiger partial charge in [-0.3, -0.25) is 0 Å². The zero-order valence-corrected chi connectivity index (χ0v) is 8.42. The Bertz CT molecular complexity index is 593. The number of benzene rings is 1. The number of halogens is 2. The SMILES string of the molecule is Cc1cc(F)ccc1-c1[nH]c(=O)ncc1F. The summed E-state index contributed by atoms with van der Waals surface area (Å²) < 4.78 is 26.3. The van der Waals surface area contributed by atoms with Crippen molar-refractivity contribution in [3.8, 4) is 11.3 Å². The Morgan fingerprint density at radius 3 is 2.75 bits per heavy atom. The van der Waals surface area contributed by atoms with Crippen molar-refractivity contribution >= 4 is 0 Å². The maximum atomic E-state index is 13.4. The molecule has 0 saturated heterocycles. The monoisotopic (exact) mass is 222 g/mol. The molecule has 2 rings (SSSR count). The third-order valence-electron chi connectivity index (χ3n) is 2.22. The first-order valence-electron chi connectivity index (χ1n) is 4.59. The summed E-state index contributed by atoms with van der Waals surface area (Å²) in [5, 5.41) is 0. The molecule has 0 fully saturated rings. The van der Waals surface area contributed by atoms with Crippen molar-refractivity contribution in [1.82, 2.24) is 9.97 Å². The van der Waals surface area contributed by atoms with Gasteiger partial charge in [-0.25, -0.2) is 13.6 Å². The fourth-order valence-electron chi connectivity index (χ4n) is 1.48. The molecular weight excluding hydrogens is 214 g/mol. The molecule has 0 bridgehead atoms. The second-order valence-corrected chi connectivity index (χ2v) is 3.37. The van der Waals surface area contributed by atoms with E-state index in [1.807, 2.05) is 0 Å². The quantitative estimate of drug-likeness (QED) is 0.802. The van der Waals surface area contributed by atoms with Gasteiger partial charge < -0.3 is 4.98 Å². The molecule has 0 aliphatic rings. The van der Waals surface area contributed by atoms with Gasteiger partial charge in [0.1, 0.15) is 5.82 Å². The van der Waals surface area contributed by atoms with Gasteiger partial charge in [-0.15, -0.1) is 0 Å². The lowest BCUT2D eigenvalue weighted by Crippen LogP contribution is -2.12. The highest BCUT2D eigenvalue weighted by molar-refractivity contribution is 5.63. The van der Waals surface area contributed by atoms with Crippen LogP contribution in [0.4, 0.5) is 8.78 Å². The summed E-state index contributed by atoms with van der Waals surface area (Å²) in [4.78, 5) is 16.5. The predicted molar refractivity (Wildman–Crippen MR) is 54.9 cm³/mol. The first-order chi connectivity index (χ1) is 7.58. The number of aryl methyl sites for hydroxylation is 1. The van der Waals surface area contributed by atoms with Crippen molar-refractivity contribution in [2.24, 2.45) is 0 Å². The van der Waals surface area contributed by atoms with Crippen LogP contribution in [0.3, 0.4) is 0 Å². The van der Waals surface area contributed by atoms with E-state index >= 15 is 0 Å². The molecular formula is C11H8F2N2O. The molecule has 5 heteroatoms. The maximum absolute atomic E-state index is 13.4. The first-order valence-corrected chi connectivity index (χ1v) is 4.59.